The minimum atomic E-state index is -0.793. The Morgan fingerprint density at radius 2 is 1.91 bits per heavy atom. The Morgan fingerprint density at radius 1 is 1.22 bits per heavy atom. The van der Waals surface area contributed by atoms with Crippen LogP contribution in [0.3, 0.4) is 0 Å². The maximum Gasteiger partial charge on any atom is 0.238 e. The summed E-state index contributed by atoms with van der Waals surface area (Å²) in [6, 6.07) is 8.24. The van der Waals surface area contributed by atoms with E-state index in [0.717, 1.165) is 13.0 Å². The minimum absolute atomic E-state index is 0.00866. The number of nitrogens with one attached hydrogen (secondary N) is 1. The van der Waals surface area contributed by atoms with Crippen LogP contribution in [0.5, 0.6) is 0 Å². The Labute approximate surface area is 137 Å². The first-order valence-electron chi connectivity index (χ1n) is 8.32. The topological polar surface area (TPSA) is 52.7 Å². The lowest BCUT2D eigenvalue weighted by Gasteiger charge is -2.31. The van der Waals surface area contributed by atoms with E-state index in [1.165, 1.54) is 11.1 Å². The molecule has 1 heterocycles. The molecule has 0 spiro atoms. The Morgan fingerprint density at radius 3 is 2.57 bits per heavy atom. The van der Waals surface area contributed by atoms with E-state index in [0.29, 0.717) is 32.5 Å². The average Bonchev–Trinajstić information content (AvgIpc) is 3.35. The number of benzene rings is 1. The Bertz CT molecular complexity index is 608. The molecule has 1 aromatic carbocycles. The van der Waals surface area contributed by atoms with Crippen LogP contribution in [0.15, 0.2) is 24.3 Å². The van der Waals surface area contributed by atoms with Gasteiger partial charge in [0.05, 0.1) is 0 Å². The predicted molar refractivity (Wildman–Crippen MR) is 88.8 cm³/mol. The Hall–Kier alpha value is -1.88. The molecule has 1 N–H and O–H groups in total. The molecule has 23 heavy (non-hydrogen) atoms. The summed E-state index contributed by atoms with van der Waals surface area (Å²) >= 11 is 0. The second kappa shape index (κ2) is 6.32. The third kappa shape index (κ3) is 3.24. The van der Waals surface area contributed by atoms with Crippen molar-refractivity contribution in [2.24, 2.45) is 5.41 Å². The van der Waals surface area contributed by atoms with Crippen LogP contribution >= 0.6 is 0 Å². The Kier molecular flexibility index (Phi) is 4.39. The van der Waals surface area contributed by atoms with Crippen molar-refractivity contribution < 1.29 is 9.59 Å². The lowest BCUT2D eigenvalue weighted by molar-refractivity contribution is -0.145. The van der Waals surface area contributed by atoms with Crippen molar-refractivity contribution in [1.29, 1.82) is 0 Å². The zero-order valence-electron chi connectivity index (χ0n) is 14.0. The highest BCUT2D eigenvalue weighted by Crippen LogP contribution is 2.48. The summed E-state index contributed by atoms with van der Waals surface area (Å²) < 4.78 is 0. The van der Waals surface area contributed by atoms with Crippen LogP contribution in [0.2, 0.25) is 0 Å². The lowest BCUT2D eigenvalue weighted by Crippen LogP contribution is -2.47. The van der Waals surface area contributed by atoms with Crippen molar-refractivity contribution in [3.63, 3.8) is 0 Å². The van der Waals surface area contributed by atoms with E-state index in [9.17, 15) is 9.59 Å². The van der Waals surface area contributed by atoms with Crippen LogP contribution in [-0.2, 0) is 22.6 Å². The Balaban J connectivity index is 1.63. The maximum atomic E-state index is 12.9. The largest absolute Gasteiger partial charge is 0.354 e. The van der Waals surface area contributed by atoms with Crippen LogP contribution < -0.4 is 5.32 Å². The van der Waals surface area contributed by atoms with Gasteiger partial charge in [-0.15, -0.1) is 0 Å². The molecule has 5 nitrogen and oxygen atoms in total. The third-order valence-corrected chi connectivity index (χ3v) is 4.86. The molecule has 1 saturated carbocycles. The van der Waals surface area contributed by atoms with Gasteiger partial charge in [0.2, 0.25) is 11.8 Å². The molecular formula is C18H25N3O2. The lowest BCUT2D eigenvalue weighted by atomic mass is 9.97. The zero-order chi connectivity index (χ0) is 16.4. The summed E-state index contributed by atoms with van der Waals surface area (Å²) in [5, 5.41) is 2.93. The number of carbonyl (C=O) groups excluding carboxylic acids is 2. The van der Waals surface area contributed by atoms with Gasteiger partial charge >= 0.3 is 0 Å². The highest BCUT2D eigenvalue weighted by Gasteiger charge is 2.58. The number of amides is 2. The normalized spacial score (nSPS) is 18.5. The van der Waals surface area contributed by atoms with Gasteiger partial charge in [0.25, 0.3) is 0 Å². The molecule has 3 rings (SSSR count). The van der Waals surface area contributed by atoms with Crippen LogP contribution in [0.25, 0.3) is 0 Å². The molecule has 0 aromatic heterocycles. The standard InChI is InChI=1S/C18H25N3O2/c1-20(2)12-10-19-16(22)18(8-9-18)17(23)21-11-7-14-5-3-4-6-15(14)13-21/h3-6H,7-13H2,1-2H3,(H,19,22). The summed E-state index contributed by atoms with van der Waals surface area (Å²) in [6.45, 7) is 2.71. The third-order valence-electron chi connectivity index (χ3n) is 4.86. The fourth-order valence-corrected chi connectivity index (χ4v) is 3.20. The van der Waals surface area contributed by atoms with E-state index >= 15 is 0 Å². The molecule has 0 saturated heterocycles. The highest BCUT2D eigenvalue weighted by atomic mass is 16.2. The monoisotopic (exact) mass is 315 g/mol. The van der Waals surface area contributed by atoms with Crippen LogP contribution in [0.4, 0.5) is 0 Å². The van der Waals surface area contributed by atoms with Gasteiger partial charge in [-0.05, 0) is 44.5 Å². The quantitative estimate of drug-likeness (QED) is 0.826. The van der Waals surface area contributed by atoms with Crippen LogP contribution in [-0.4, -0.2) is 55.3 Å². The molecule has 1 aliphatic heterocycles. The fraction of sp³-hybridized carbons (Fsp3) is 0.556. The van der Waals surface area contributed by atoms with Gasteiger partial charge < -0.3 is 15.1 Å². The number of rotatable bonds is 5. The molecule has 0 atom stereocenters. The number of carbonyl (C=O) groups is 2. The fourth-order valence-electron chi connectivity index (χ4n) is 3.20. The van der Waals surface area contributed by atoms with Gasteiger partial charge in [-0.1, -0.05) is 24.3 Å². The van der Waals surface area contributed by atoms with Crippen LogP contribution in [0, 0.1) is 5.41 Å². The van der Waals surface area contributed by atoms with Crippen molar-refractivity contribution in [2.75, 3.05) is 33.7 Å². The first-order valence-corrected chi connectivity index (χ1v) is 8.32. The molecular weight excluding hydrogens is 290 g/mol. The van der Waals surface area contributed by atoms with Crippen LogP contribution in [0.1, 0.15) is 24.0 Å². The minimum Gasteiger partial charge on any atom is -0.354 e. The number of likely N-dealkylation sites (N-methyl/N-ethyl adjacent to an activating group) is 1. The zero-order valence-corrected chi connectivity index (χ0v) is 14.0. The SMILES string of the molecule is CN(C)CCNC(=O)C1(C(=O)N2CCc3ccccc3C2)CC1. The number of hydrogen-bond acceptors (Lipinski definition) is 3. The van der Waals surface area contributed by atoms with Crippen molar-refractivity contribution in [2.45, 2.75) is 25.8 Å². The van der Waals surface area contributed by atoms with E-state index in [4.69, 9.17) is 0 Å². The molecule has 1 aromatic rings. The van der Waals surface area contributed by atoms with E-state index in [1.807, 2.05) is 36.0 Å². The summed E-state index contributed by atoms with van der Waals surface area (Å²) in [5.74, 6) is -0.0856. The number of hydrogen-bond donors (Lipinski definition) is 1. The van der Waals surface area contributed by atoms with E-state index in [-0.39, 0.29) is 11.8 Å². The molecule has 2 amide bonds. The van der Waals surface area contributed by atoms with Crippen molar-refractivity contribution in [3.8, 4) is 0 Å². The molecule has 2 aliphatic rings. The summed E-state index contributed by atoms with van der Waals surface area (Å²) in [4.78, 5) is 29.2. The number of nitrogens with zero attached hydrogens (tertiary/aromatic N) is 2. The summed E-state index contributed by atoms with van der Waals surface area (Å²) in [7, 11) is 3.94. The van der Waals surface area contributed by atoms with Gasteiger partial charge in [0, 0.05) is 26.2 Å². The second-order valence-electron chi connectivity index (χ2n) is 6.89. The molecule has 1 aliphatic carbocycles. The van der Waals surface area contributed by atoms with E-state index in [2.05, 4.69) is 17.4 Å². The molecule has 5 heteroatoms. The summed E-state index contributed by atoms with van der Waals surface area (Å²) in [5.41, 5.74) is 1.73. The van der Waals surface area contributed by atoms with Gasteiger partial charge in [0.1, 0.15) is 5.41 Å². The molecule has 0 radical (unpaired) electrons. The van der Waals surface area contributed by atoms with Gasteiger partial charge in [-0.25, -0.2) is 0 Å². The van der Waals surface area contributed by atoms with E-state index in [1.54, 1.807) is 0 Å². The second-order valence-corrected chi connectivity index (χ2v) is 6.89. The van der Waals surface area contributed by atoms with Crippen molar-refractivity contribution in [3.05, 3.63) is 35.4 Å². The maximum absolute atomic E-state index is 12.9. The number of fused-ring (bicyclic) bond motifs is 1. The molecule has 0 bridgehead atoms. The average molecular weight is 315 g/mol. The molecule has 0 unspecified atom stereocenters. The smallest absolute Gasteiger partial charge is 0.238 e. The van der Waals surface area contributed by atoms with Crippen molar-refractivity contribution >= 4 is 11.8 Å². The predicted octanol–water partition coefficient (Wildman–Crippen LogP) is 1.03. The molecule has 124 valence electrons. The first-order chi connectivity index (χ1) is 11.0. The highest BCUT2D eigenvalue weighted by molar-refractivity contribution is 6.07. The van der Waals surface area contributed by atoms with Gasteiger partial charge in [0.15, 0.2) is 0 Å². The van der Waals surface area contributed by atoms with Gasteiger partial charge in [-0.2, -0.15) is 0 Å². The summed E-state index contributed by atoms with van der Waals surface area (Å²) in [6.07, 6.45) is 2.23. The van der Waals surface area contributed by atoms with E-state index < -0.39 is 5.41 Å². The van der Waals surface area contributed by atoms with Gasteiger partial charge in [-0.3, -0.25) is 9.59 Å². The van der Waals surface area contributed by atoms with Crippen molar-refractivity contribution in [1.82, 2.24) is 15.1 Å². The first kappa shape index (κ1) is 16.0. The molecule has 1 fully saturated rings.